The summed E-state index contributed by atoms with van der Waals surface area (Å²) in [7, 11) is 1.81. The van der Waals surface area contributed by atoms with Gasteiger partial charge in [0.1, 0.15) is 6.61 Å². The van der Waals surface area contributed by atoms with Gasteiger partial charge in [-0.3, -0.25) is 0 Å². The molecule has 0 aromatic heterocycles. The fraction of sp³-hybridized carbons (Fsp3) is 0.562. The van der Waals surface area contributed by atoms with Crippen LogP contribution in [0.5, 0.6) is 0 Å². The molecule has 7 heteroatoms. The quantitative estimate of drug-likeness (QED) is 0.730. The Kier molecular flexibility index (Phi) is 6.72. The Hall–Kier alpha value is -1.27. The van der Waals surface area contributed by atoms with E-state index in [4.69, 9.17) is 15.4 Å². The molecule has 1 heterocycles. The van der Waals surface area contributed by atoms with Gasteiger partial charge < -0.3 is 9.64 Å². The molecule has 1 fully saturated rings. The van der Waals surface area contributed by atoms with Crippen molar-refractivity contribution in [2.75, 3.05) is 18.8 Å². The van der Waals surface area contributed by atoms with Gasteiger partial charge in [-0.15, -0.1) is 0 Å². The third-order valence-electron chi connectivity index (χ3n) is 4.08. The number of rotatable bonds is 6. The van der Waals surface area contributed by atoms with E-state index in [0.717, 1.165) is 24.8 Å². The van der Waals surface area contributed by atoms with Gasteiger partial charge in [0, 0.05) is 23.8 Å². The number of hydrogen-bond acceptors (Lipinski definition) is 4. The summed E-state index contributed by atoms with van der Waals surface area (Å²) < 4.78 is 27.1. The van der Waals surface area contributed by atoms with Gasteiger partial charge in [0.05, 0.1) is 5.75 Å². The highest BCUT2D eigenvalue weighted by molar-refractivity contribution is 8.13. The van der Waals surface area contributed by atoms with E-state index in [-0.39, 0.29) is 18.5 Å². The molecule has 1 amide bonds. The van der Waals surface area contributed by atoms with Crippen molar-refractivity contribution in [2.24, 2.45) is 5.92 Å². The monoisotopic (exact) mass is 359 g/mol. The predicted octanol–water partition coefficient (Wildman–Crippen LogP) is 3.38. The van der Waals surface area contributed by atoms with E-state index in [1.54, 1.807) is 4.90 Å². The number of nitrogens with zero attached hydrogens (tertiary/aromatic N) is 1. The molecule has 1 saturated heterocycles. The minimum absolute atomic E-state index is 0.0217. The van der Waals surface area contributed by atoms with Gasteiger partial charge >= 0.3 is 6.09 Å². The Morgan fingerprint density at radius 2 is 1.87 bits per heavy atom. The van der Waals surface area contributed by atoms with Gasteiger partial charge in [0.15, 0.2) is 0 Å². The van der Waals surface area contributed by atoms with Crippen molar-refractivity contribution >= 4 is 25.8 Å². The fourth-order valence-electron chi connectivity index (χ4n) is 2.76. The summed E-state index contributed by atoms with van der Waals surface area (Å²) in [5, 5.41) is 0. The summed E-state index contributed by atoms with van der Waals surface area (Å²) in [4.78, 5) is 13.8. The molecule has 0 aliphatic carbocycles. The maximum atomic E-state index is 12.0. The minimum Gasteiger partial charge on any atom is -0.445 e. The van der Waals surface area contributed by atoms with E-state index in [1.807, 2.05) is 30.3 Å². The van der Waals surface area contributed by atoms with Crippen LogP contribution >= 0.6 is 10.7 Å². The molecule has 1 aromatic rings. The second-order valence-corrected chi connectivity index (χ2v) is 8.75. The summed E-state index contributed by atoms with van der Waals surface area (Å²) in [5.74, 6) is 0.472. The predicted molar refractivity (Wildman–Crippen MR) is 89.8 cm³/mol. The van der Waals surface area contributed by atoms with Crippen molar-refractivity contribution in [3.05, 3.63) is 35.9 Å². The van der Waals surface area contributed by atoms with Crippen molar-refractivity contribution < 1.29 is 17.9 Å². The molecule has 0 unspecified atom stereocenters. The van der Waals surface area contributed by atoms with Gasteiger partial charge in [-0.25, -0.2) is 13.2 Å². The number of amides is 1. The van der Waals surface area contributed by atoms with E-state index in [1.165, 1.54) is 0 Å². The maximum absolute atomic E-state index is 12.0. The zero-order valence-electron chi connectivity index (χ0n) is 13.0. The van der Waals surface area contributed by atoms with E-state index in [0.29, 0.717) is 25.4 Å². The largest absolute Gasteiger partial charge is 0.445 e. The topological polar surface area (TPSA) is 63.7 Å². The molecular weight excluding hydrogens is 338 g/mol. The van der Waals surface area contributed by atoms with Gasteiger partial charge in [-0.1, -0.05) is 30.3 Å². The lowest BCUT2D eigenvalue weighted by Crippen LogP contribution is -2.38. The first kappa shape index (κ1) is 18.1. The maximum Gasteiger partial charge on any atom is 0.410 e. The summed E-state index contributed by atoms with van der Waals surface area (Å²) in [6, 6.07) is 9.59. The molecule has 2 rings (SSSR count). The van der Waals surface area contributed by atoms with Crippen LogP contribution in [0.2, 0.25) is 0 Å². The Labute approximate surface area is 142 Å². The van der Waals surface area contributed by atoms with Crippen molar-refractivity contribution in [3.8, 4) is 0 Å². The smallest absolute Gasteiger partial charge is 0.410 e. The molecule has 128 valence electrons. The van der Waals surface area contributed by atoms with Crippen LogP contribution in [0.4, 0.5) is 4.79 Å². The Morgan fingerprint density at radius 1 is 1.22 bits per heavy atom. The van der Waals surface area contributed by atoms with E-state index in [9.17, 15) is 13.2 Å². The van der Waals surface area contributed by atoms with Crippen LogP contribution in [0.3, 0.4) is 0 Å². The second-order valence-electron chi connectivity index (χ2n) is 5.86. The molecule has 0 atom stereocenters. The summed E-state index contributed by atoms with van der Waals surface area (Å²) in [6.07, 6.45) is 2.88. The lowest BCUT2D eigenvalue weighted by atomic mass is 9.93. The molecule has 1 aromatic carbocycles. The van der Waals surface area contributed by atoms with Crippen LogP contribution in [0.1, 0.15) is 31.2 Å². The molecule has 1 aliphatic rings. The van der Waals surface area contributed by atoms with E-state index >= 15 is 0 Å². The van der Waals surface area contributed by atoms with Crippen molar-refractivity contribution in [3.63, 3.8) is 0 Å². The van der Waals surface area contributed by atoms with Gasteiger partial charge in [-0.2, -0.15) is 0 Å². The summed E-state index contributed by atoms with van der Waals surface area (Å²) >= 11 is 0. The molecule has 0 spiro atoms. The highest BCUT2D eigenvalue weighted by Gasteiger charge is 2.23. The number of ether oxygens (including phenoxy) is 1. The summed E-state index contributed by atoms with van der Waals surface area (Å²) in [5.41, 5.74) is 0.970. The molecule has 0 radical (unpaired) electrons. The van der Waals surface area contributed by atoms with Crippen LogP contribution in [0, 0.1) is 5.92 Å². The number of halogens is 1. The second kappa shape index (κ2) is 8.55. The van der Waals surface area contributed by atoms with Crippen molar-refractivity contribution in [2.45, 2.75) is 32.3 Å². The van der Waals surface area contributed by atoms with Gasteiger partial charge in [-0.05, 0) is 37.2 Å². The van der Waals surface area contributed by atoms with Crippen LogP contribution in [0.25, 0.3) is 0 Å². The molecular formula is C16H22ClNO4S. The highest BCUT2D eigenvalue weighted by atomic mass is 35.7. The van der Waals surface area contributed by atoms with E-state index < -0.39 is 9.05 Å². The first-order valence-corrected chi connectivity index (χ1v) is 10.3. The van der Waals surface area contributed by atoms with Crippen LogP contribution in [0.15, 0.2) is 30.3 Å². The van der Waals surface area contributed by atoms with E-state index in [2.05, 4.69) is 0 Å². The zero-order valence-corrected chi connectivity index (χ0v) is 14.6. The van der Waals surface area contributed by atoms with Crippen LogP contribution in [-0.4, -0.2) is 38.3 Å². The average molecular weight is 360 g/mol. The fourth-order valence-corrected chi connectivity index (χ4v) is 3.60. The molecule has 0 saturated carbocycles. The highest BCUT2D eigenvalue weighted by Crippen LogP contribution is 2.23. The zero-order chi connectivity index (χ0) is 16.7. The molecule has 23 heavy (non-hydrogen) atoms. The van der Waals surface area contributed by atoms with Crippen LogP contribution in [-0.2, 0) is 20.4 Å². The molecule has 0 N–H and O–H groups in total. The SMILES string of the molecule is O=C(OCc1ccccc1)N1CCC(CCCS(=O)(=O)Cl)CC1. The first-order valence-electron chi connectivity index (χ1n) is 7.82. The average Bonchev–Trinajstić information content (AvgIpc) is 2.53. The number of carbonyl (C=O) groups excluding carboxylic acids is 1. The Balaban J connectivity index is 1.66. The molecule has 0 bridgehead atoms. The number of likely N-dealkylation sites (tertiary alicyclic amines) is 1. The first-order chi connectivity index (χ1) is 10.9. The normalized spacial score (nSPS) is 16.3. The van der Waals surface area contributed by atoms with Crippen molar-refractivity contribution in [1.29, 1.82) is 0 Å². The van der Waals surface area contributed by atoms with Crippen molar-refractivity contribution in [1.82, 2.24) is 4.90 Å². The minimum atomic E-state index is -3.40. The summed E-state index contributed by atoms with van der Waals surface area (Å²) in [6.45, 7) is 1.60. The number of carbonyl (C=O) groups is 1. The number of piperidine rings is 1. The lowest BCUT2D eigenvalue weighted by molar-refractivity contribution is 0.0815. The Bertz CT molecular complexity index is 598. The third kappa shape index (κ3) is 6.79. The van der Waals surface area contributed by atoms with Crippen LogP contribution < -0.4 is 0 Å². The molecule has 1 aliphatic heterocycles. The number of hydrogen-bond donors (Lipinski definition) is 0. The van der Waals surface area contributed by atoms with Gasteiger partial charge in [0.2, 0.25) is 9.05 Å². The molecule has 5 nitrogen and oxygen atoms in total. The van der Waals surface area contributed by atoms with Gasteiger partial charge in [0.25, 0.3) is 0 Å². The standard InChI is InChI=1S/C16H22ClNO4S/c17-23(20,21)12-4-7-14-8-10-18(11-9-14)16(19)22-13-15-5-2-1-3-6-15/h1-3,5-6,14H,4,7-13H2. The Morgan fingerprint density at radius 3 is 2.48 bits per heavy atom. The lowest BCUT2D eigenvalue weighted by Gasteiger charge is -2.31. The number of benzene rings is 1. The third-order valence-corrected chi connectivity index (χ3v) is 5.32.